The summed E-state index contributed by atoms with van der Waals surface area (Å²) in [6, 6.07) is 1.70. The highest BCUT2D eigenvalue weighted by atomic mass is 32.2. The molecule has 1 aliphatic heterocycles. The number of rotatable bonds is 4. The Morgan fingerprint density at radius 1 is 1.34 bits per heavy atom. The van der Waals surface area contributed by atoms with Crippen molar-refractivity contribution < 1.29 is 22.4 Å². The van der Waals surface area contributed by atoms with Crippen molar-refractivity contribution in [3.05, 3.63) is 40.2 Å². The Kier molecular flexibility index (Phi) is 5.23. The van der Waals surface area contributed by atoms with E-state index in [9.17, 15) is 18.0 Å². The fourth-order valence-corrected chi connectivity index (χ4v) is 6.45. The maximum Gasteiger partial charge on any atom is 0.280 e. The van der Waals surface area contributed by atoms with E-state index in [1.54, 1.807) is 12.1 Å². The van der Waals surface area contributed by atoms with Gasteiger partial charge in [-0.15, -0.1) is 11.3 Å². The van der Waals surface area contributed by atoms with E-state index in [2.05, 4.69) is 10.0 Å². The number of likely N-dealkylation sites (N-methyl/N-ethyl adjacent to an activating group) is 1. The largest absolute Gasteiger partial charge is 0.468 e. The van der Waals surface area contributed by atoms with Gasteiger partial charge in [-0.2, -0.15) is 17.4 Å². The molecule has 0 aromatic carbocycles. The molecule has 9 nitrogen and oxygen atoms in total. The Morgan fingerprint density at radius 3 is 2.79 bits per heavy atom. The zero-order valence-corrected chi connectivity index (χ0v) is 17.4. The summed E-state index contributed by atoms with van der Waals surface area (Å²) in [5.41, 5.74) is 6.84. The van der Waals surface area contributed by atoms with E-state index in [0.717, 1.165) is 40.4 Å². The Bertz CT molecular complexity index is 1040. The summed E-state index contributed by atoms with van der Waals surface area (Å²) >= 11 is 1.35. The van der Waals surface area contributed by atoms with Gasteiger partial charge in [-0.25, -0.2) is 0 Å². The number of primary amides is 1. The molecular formula is C18H22N4O5S2. The fourth-order valence-electron chi connectivity index (χ4n) is 3.90. The minimum Gasteiger partial charge on any atom is -0.468 e. The average Bonchev–Trinajstić information content (AvgIpc) is 3.31. The number of hydrogen-bond donors (Lipinski definition) is 3. The Balaban J connectivity index is 1.62. The summed E-state index contributed by atoms with van der Waals surface area (Å²) in [6.45, 7) is 0. The predicted molar refractivity (Wildman–Crippen MR) is 108 cm³/mol. The van der Waals surface area contributed by atoms with Gasteiger partial charge in [-0.1, -0.05) is 0 Å². The molecule has 2 aliphatic rings. The molecule has 29 heavy (non-hydrogen) atoms. The van der Waals surface area contributed by atoms with Crippen LogP contribution in [0.1, 0.15) is 51.9 Å². The number of amides is 2. The number of nitrogens with two attached hydrogens (primary N) is 1. The third kappa shape index (κ3) is 3.70. The lowest BCUT2D eigenvalue weighted by molar-refractivity contribution is -0.120. The Labute approximate surface area is 172 Å². The highest BCUT2D eigenvalue weighted by Gasteiger charge is 2.42. The number of hydrogen-bond acceptors (Lipinski definition) is 6. The number of furan rings is 1. The highest BCUT2D eigenvalue weighted by molar-refractivity contribution is 7.87. The van der Waals surface area contributed by atoms with Crippen LogP contribution in [0.5, 0.6) is 0 Å². The number of nitrogens with zero attached hydrogens (tertiary/aromatic N) is 1. The molecule has 11 heteroatoms. The van der Waals surface area contributed by atoms with E-state index in [1.165, 1.54) is 24.6 Å². The number of fused-ring (bicyclic) bond motifs is 1. The van der Waals surface area contributed by atoms with Gasteiger partial charge >= 0.3 is 0 Å². The van der Waals surface area contributed by atoms with Gasteiger partial charge in [0.2, 0.25) is 5.91 Å². The van der Waals surface area contributed by atoms with Crippen molar-refractivity contribution >= 4 is 38.4 Å². The maximum atomic E-state index is 13.0. The molecule has 1 saturated heterocycles. The first-order chi connectivity index (χ1) is 13.8. The number of thiophene rings is 1. The van der Waals surface area contributed by atoms with Crippen LogP contribution in [0, 0.1) is 0 Å². The van der Waals surface area contributed by atoms with Crippen molar-refractivity contribution in [2.75, 3.05) is 12.4 Å². The fraction of sp³-hybridized carbons (Fsp3) is 0.444. The maximum absolute atomic E-state index is 13.0. The van der Waals surface area contributed by atoms with Crippen LogP contribution in [-0.4, -0.2) is 37.6 Å². The molecule has 0 radical (unpaired) electrons. The number of nitrogens with one attached hydrogen (secondary N) is 2. The molecule has 0 spiro atoms. The molecule has 2 aromatic rings. The quantitative estimate of drug-likeness (QED) is 0.665. The summed E-state index contributed by atoms with van der Waals surface area (Å²) in [5.74, 6) is -0.654. The van der Waals surface area contributed by atoms with E-state index in [1.807, 2.05) is 0 Å². The summed E-state index contributed by atoms with van der Waals surface area (Å²) < 4.78 is 33.9. The molecule has 0 unspecified atom stereocenters. The van der Waals surface area contributed by atoms with E-state index in [0.29, 0.717) is 16.3 Å². The standard InChI is InChI=1S/C18H22N4O5S2/c1-22-12(9-11(21-29(22,25)26)13-6-4-8-27-13)17(24)20-18-15(16(19)23)10-5-2-3-7-14(10)28-18/h4,6,8,11-12,21H,2-3,5,7,9H2,1H3,(H2,19,23)(H,20,24)/t11-,12+/m1/s1. The van der Waals surface area contributed by atoms with Crippen molar-refractivity contribution in [3.63, 3.8) is 0 Å². The Morgan fingerprint density at radius 2 is 2.10 bits per heavy atom. The minimum absolute atomic E-state index is 0.187. The second-order valence-corrected chi connectivity index (χ2v) is 10.1. The summed E-state index contributed by atoms with van der Waals surface area (Å²) in [7, 11) is -2.53. The summed E-state index contributed by atoms with van der Waals surface area (Å²) in [4.78, 5) is 26.1. The molecule has 156 valence electrons. The van der Waals surface area contributed by atoms with Crippen LogP contribution in [0.4, 0.5) is 5.00 Å². The minimum atomic E-state index is -3.88. The van der Waals surface area contributed by atoms with Gasteiger partial charge in [-0.3, -0.25) is 9.59 Å². The molecule has 2 atom stereocenters. The van der Waals surface area contributed by atoms with Crippen LogP contribution < -0.4 is 15.8 Å². The molecule has 0 saturated carbocycles. The number of aryl methyl sites for hydroxylation is 1. The zero-order valence-electron chi connectivity index (χ0n) is 15.8. The first-order valence-corrected chi connectivity index (χ1v) is 11.6. The summed E-state index contributed by atoms with van der Waals surface area (Å²) in [5, 5.41) is 3.16. The molecule has 1 fully saturated rings. The lowest BCUT2D eigenvalue weighted by atomic mass is 9.95. The molecule has 3 heterocycles. The van der Waals surface area contributed by atoms with E-state index in [4.69, 9.17) is 10.2 Å². The number of carbonyl (C=O) groups excluding carboxylic acids is 2. The SMILES string of the molecule is CN1[C@H](C(=O)Nc2sc3c(c2C(N)=O)CCCC3)C[C@H](c2ccco2)NS1(=O)=O. The highest BCUT2D eigenvalue weighted by Crippen LogP contribution is 2.38. The first kappa shape index (κ1) is 20.1. The van der Waals surface area contributed by atoms with Gasteiger partial charge in [0.15, 0.2) is 0 Å². The van der Waals surface area contributed by atoms with Crippen LogP contribution in [0.25, 0.3) is 0 Å². The second-order valence-electron chi connectivity index (χ2n) is 7.23. The van der Waals surface area contributed by atoms with Gasteiger partial charge in [-0.05, 0) is 49.8 Å². The van der Waals surface area contributed by atoms with Crippen molar-refractivity contribution in [1.29, 1.82) is 0 Å². The zero-order chi connectivity index (χ0) is 20.8. The van der Waals surface area contributed by atoms with Gasteiger partial charge < -0.3 is 15.5 Å². The van der Waals surface area contributed by atoms with Gasteiger partial charge in [0, 0.05) is 11.9 Å². The monoisotopic (exact) mass is 438 g/mol. The summed E-state index contributed by atoms with van der Waals surface area (Å²) in [6.07, 6.45) is 5.23. The van der Waals surface area contributed by atoms with E-state index >= 15 is 0 Å². The molecule has 4 rings (SSSR count). The van der Waals surface area contributed by atoms with Crippen molar-refractivity contribution in [3.8, 4) is 0 Å². The van der Waals surface area contributed by atoms with Crippen LogP contribution in [-0.2, 0) is 27.8 Å². The van der Waals surface area contributed by atoms with Gasteiger partial charge in [0.05, 0.1) is 17.9 Å². The molecule has 0 bridgehead atoms. The van der Waals surface area contributed by atoms with Gasteiger partial charge in [0.25, 0.3) is 16.1 Å². The third-order valence-electron chi connectivity index (χ3n) is 5.41. The third-order valence-corrected chi connectivity index (χ3v) is 8.21. The van der Waals surface area contributed by atoms with Crippen LogP contribution in [0.2, 0.25) is 0 Å². The average molecular weight is 439 g/mol. The van der Waals surface area contributed by atoms with E-state index in [-0.39, 0.29) is 6.42 Å². The lowest BCUT2D eigenvalue weighted by Crippen LogP contribution is -2.55. The van der Waals surface area contributed by atoms with Crippen molar-refractivity contribution in [2.45, 2.75) is 44.2 Å². The normalized spacial score (nSPS) is 24.0. The number of anilines is 1. The van der Waals surface area contributed by atoms with Crippen LogP contribution in [0.3, 0.4) is 0 Å². The topological polar surface area (TPSA) is 135 Å². The molecule has 2 amide bonds. The Hall–Kier alpha value is -2.21. The van der Waals surface area contributed by atoms with Crippen LogP contribution >= 0.6 is 11.3 Å². The molecule has 4 N–H and O–H groups in total. The number of carbonyl (C=O) groups is 2. The van der Waals surface area contributed by atoms with E-state index < -0.39 is 34.1 Å². The van der Waals surface area contributed by atoms with Gasteiger partial charge in [0.1, 0.15) is 16.8 Å². The van der Waals surface area contributed by atoms with Crippen LogP contribution in [0.15, 0.2) is 22.8 Å². The van der Waals surface area contributed by atoms with Crippen molar-refractivity contribution in [1.82, 2.24) is 9.03 Å². The smallest absolute Gasteiger partial charge is 0.280 e. The first-order valence-electron chi connectivity index (χ1n) is 9.32. The molecule has 2 aromatic heterocycles. The van der Waals surface area contributed by atoms with Crippen molar-refractivity contribution in [2.24, 2.45) is 5.73 Å². The second kappa shape index (κ2) is 7.56. The molecule has 1 aliphatic carbocycles. The lowest BCUT2D eigenvalue weighted by Gasteiger charge is -2.35. The predicted octanol–water partition coefficient (Wildman–Crippen LogP) is 1.54. The molecular weight excluding hydrogens is 416 g/mol.